The van der Waals surface area contributed by atoms with Crippen LogP contribution in [-0.2, 0) is 10.0 Å². The van der Waals surface area contributed by atoms with Crippen molar-refractivity contribution >= 4 is 21.4 Å². The minimum atomic E-state index is -3.38. The van der Waals surface area contributed by atoms with E-state index in [-0.39, 0.29) is 16.7 Å². The lowest BCUT2D eigenvalue weighted by atomic mass is 10.0. The maximum absolute atomic E-state index is 12.2. The predicted octanol–water partition coefficient (Wildman–Crippen LogP) is 2.05. The Kier molecular flexibility index (Phi) is 3.65. The normalized spacial score (nSPS) is 17.6. The number of nitrogen functional groups attached to an aromatic ring is 1. The fourth-order valence-electron chi connectivity index (χ4n) is 2.26. The van der Waals surface area contributed by atoms with E-state index in [1.165, 1.54) is 18.2 Å². The zero-order valence-corrected chi connectivity index (χ0v) is 10.9. The van der Waals surface area contributed by atoms with E-state index < -0.39 is 10.0 Å². The molecule has 4 N–H and O–H groups in total. The van der Waals surface area contributed by atoms with Crippen LogP contribution in [0.4, 0.5) is 11.4 Å². The summed E-state index contributed by atoms with van der Waals surface area (Å²) in [6.07, 6.45) is 4.42. The number of nitrogens with one attached hydrogen (secondary N) is 1. The first kappa shape index (κ1) is 13.0. The second kappa shape index (κ2) is 5.06. The first-order chi connectivity index (χ1) is 8.49. The molecule has 5 nitrogen and oxygen atoms in total. The van der Waals surface area contributed by atoms with Gasteiger partial charge >= 0.3 is 0 Å². The average molecular weight is 270 g/mol. The zero-order valence-electron chi connectivity index (χ0n) is 10.1. The summed E-state index contributed by atoms with van der Waals surface area (Å²) in [6, 6.07) is 4.22. The molecule has 1 aliphatic carbocycles. The minimum absolute atomic E-state index is 0.0214. The van der Waals surface area contributed by atoms with Crippen LogP contribution >= 0.6 is 0 Å². The Bertz CT molecular complexity index is 522. The van der Waals surface area contributed by atoms with Crippen LogP contribution in [0.3, 0.4) is 0 Å². The van der Waals surface area contributed by atoms with Crippen molar-refractivity contribution in [3.63, 3.8) is 0 Å². The Morgan fingerprint density at radius 1 is 1.22 bits per heavy atom. The van der Waals surface area contributed by atoms with Gasteiger partial charge < -0.3 is 10.8 Å². The second-order valence-electron chi connectivity index (χ2n) is 4.68. The molecule has 0 unspecified atom stereocenters. The molecular weight excluding hydrogens is 252 g/mol. The molecule has 0 atom stereocenters. The van der Waals surface area contributed by atoms with Crippen molar-refractivity contribution in [1.29, 1.82) is 0 Å². The average Bonchev–Trinajstić information content (AvgIpc) is 2.34. The molecule has 0 radical (unpaired) electrons. The van der Waals surface area contributed by atoms with Gasteiger partial charge in [-0.25, -0.2) is 8.42 Å². The van der Waals surface area contributed by atoms with Gasteiger partial charge in [-0.05, 0) is 25.0 Å². The predicted molar refractivity (Wildman–Crippen MR) is 71.9 cm³/mol. The number of nitrogens with two attached hydrogens (primary N) is 1. The number of phenols is 1. The van der Waals surface area contributed by atoms with E-state index in [1.807, 2.05) is 0 Å². The molecule has 1 aromatic rings. The van der Waals surface area contributed by atoms with Gasteiger partial charge in [-0.3, -0.25) is 4.72 Å². The van der Waals surface area contributed by atoms with Gasteiger partial charge in [0.15, 0.2) is 0 Å². The van der Waals surface area contributed by atoms with Gasteiger partial charge in [-0.15, -0.1) is 0 Å². The van der Waals surface area contributed by atoms with Gasteiger partial charge in [-0.1, -0.05) is 19.3 Å². The Morgan fingerprint density at radius 2 is 1.89 bits per heavy atom. The first-order valence-electron chi connectivity index (χ1n) is 6.09. The maximum Gasteiger partial charge on any atom is 0.235 e. The third-order valence-electron chi connectivity index (χ3n) is 3.28. The van der Waals surface area contributed by atoms with Crippen molar-refractivity contribution in [3.05, 3.63) is 18.2 Å². The molecule has 0 aromatic heterocycles. The number of hydrogen-bond donors (Lipinski definition) is 3. The van der Waals surface area contributed by atoms with Crippen LogP contribution in [0.5, 0.6) is 5.75 Å². The van der Waals surface area contributed by atoms with Crippen LogP contribution in [0, 0.1) is 0 Å². The Hall–Kier alpha value is -1.43. The van der Waals surface area contributed by atoms with Crippen LogP contribution in [0.1, 0.15) is 32.1 Å². The molecule has 100 valence electrons. The van der Waals surface area contributed by atoms with Crippen molar-refractivity contribution < 1.29 is 13.5 Å². The van der Waals surface area contributed by atoms with Gasteiger partial charge in [0, 0.05) is 6.07 Å². The number of hydrogen-bond acceptors (Lipinski definition) is 4. The van der Waals surface area contributed by atoms with E-state index in [1.54, 1.807) is 0 Å². The highest BCUT2D eigenvalue weighted by Gasteiger charge is 2.27. The Morgan fingerprint density at radius 3 is 2.50 bits per heavy atom. The number of benzene rings is 1. The molecule has 1 saturated carbocycles. The number of aromatic hydroxyl groups is 1. The lowest BCUT2D eigenvalue weighted by Gasteiger charge is -2.22. The van der Waals surface area contributed by atoms with Gasteiger partial charge in [0.25, 0.3) is 0 Å². The second-order valence-corrected chi connectivity index (χ2v) is 6.64. The topological polar surface area (TPSA) is 92.4 Å². The van der Waals surface area contributed by atoms with Crippen LogP contribution in [0.15, 0.2) is 18.2 Å². The molecule has 0 amide bonds. The number of anilines is 2. The molecule has 6 heteroatoms. The van der Waals surface area contributed by atoms with Crippen LogP contribution in [0.25, 0.3) is 0 Å². The lowest BCUT2D eigenvalue weighted by Crippen LogP contribution is -2.29. The summed E-state index contributed by atoms with van der Waals surface area (Å²) in [5.74, 6) is 0.0214. The van der Waals surface area contributed by atoms with Crippen molar-refractivity contribution in [2.75, 3.05) is 10.5 Å². The number of rotatable bonds is 3. The first-order valence-corrected chi connectivity index (χ1v) is 7.64. The molecule has 0 aliphatic heterocycles. The molecule has 0 bridgehead atoms. The number of phenolic OH excluding ortho intramolecular Hbond substituents is 1. The summed E-state index contributed by atoms with van der Waals surface area (Å²) in [6.45, 7) is 0. The summed E-state index contributed by atoms with van der Waals surface area (Å²) in [5.41, 5.74) is 6.23. The minimum Gasteiger partial charge on any atom is -0.508 e. The van der Waals surface area contributed by atoms with E-state index >= 15 is 0 Å². The summed E-state index contributed by atoms with van der Waals surface area (Å²) in [5, 5.41) is 8.89. The standard InChI is InChI=1S/C12H18N2O3S/c13-11-8-9(15)6-7-12(11)14-18(16,17)10-4-2-1-3-5-10/h6-8,10,14-15H,1-5,13H2. The molecule has 18 heavy (non-hydrogen) atoms. The van der Waals surface area contributed by atoms with E-state index in [9.17, 15) is 13.5 Å². The van der Waals surface area contributed by atoms with E-state index in [0.29, 0.717) is 18.5 Å². The van der Waals surface area contributed by atoms with Gasteiger partial charge in [0.1, 0.15) is 5.75 Å². The van der Waals surface area contributed by atoms with E-state index in [2.05, 4.69) is 4.72 Å². The molecular formula is C12H18N2O3S. The largest absolute Gasteiger partial charge is 0.508 e. The molecule has 1 aliphatic rings. The lowest BCUT2D eigenvalue weighted by molar-refractivity contribution is 0.475. The third-order valence-corrected chi connectivity index (χ3v) is 5.13. The highest BCUT2D eigenvalue weighted by Crippen LogP contribution is 2.28. The summed E-state index contributed by atoms with van der Waals surface area (Å²) < 4.78 is 26.8. The Balaban J connectivity index is 2.16. The monoisotopic (exact) mass is 270 g/mol. The van der Waals surface area contributed by atoms with Crippen LogP contribution in [-0.4, -0.2) is 18.8 Å². The maximum atomic E-state index is 12.2. The Labute approximate surface area is 107 Å². The van der Waals surface area contributed by atoms with Gasteiger partial charge in [-0.2, -0.15) is 0 Å². The fourth-order valence-corrected chi connectivity index (χ4v) is 3.87. The SMILES string of the molecule is Nc1cc(O)ccc1NS(=O)(=O)C1CCCCC1. The van der Waals surface area contributed by atoms with Crippen LogP contribution < -0.4 is 10.5 Å². The third kappa shape index (κ3) is 2.87. The molecule has 1 fully saturated rings. The molecule has 2 rings (SSSR count). The highest BCUT2D eigenvalue weighted by atomic mass is 32.2. The van der Waals surface area contributed by atoms with Crippen molar-refractivity contribution in [3.8, 4) is 5.75 Å². The molecule has 1 aromatic carbocycles. The summed E-state index contributed by atoms with van der Waals surface area (Å²) >= 11 is 0. The molecule has 0 spiro atoms. The van der Waals surface area contributed by atoms with Crippen molar-refractivity contribution in [2.24, 2.45) is 0 Å². The molecule has 0 heterocycles. The number of sulfonamides is 1. The van der Waals surface area contributed by atoms with Gasteiger partial charge in [0.05, 0.1) is 16.6 Å². The van der Waals surface area contributed by atoms with E-state index in [4.69, 9.17) is 5.73 Å². The summed E-state index contributed by atoms with van der Waals surface area (Å²) in [7, 11) is -3.38. The highest BCUT2D eigenvalue weighted by molar-refractivity contribution is 7.93. The van der Waals surface area contributed by atoms with Crippen LogP contribution in [0.2, 0.25) is 0 Å². The van der Waals surface area contributed by atoms with Crippen molar-refractivity contribution in [2.45, 2.75) is 37.4 Å². The summed E-state index contributed by atoms with van der Waals surface area (Å²) in [4.78, 5) is 0. The van der Waals surface area contributed by atoms with Crippen molar-refractivity contribution in [1.82, 2.24) is 0 Å². The molecule has 0 saturated heterocycles. The quantitative estimate of drug-likeness (QED) is 0.579. The van der Waals surface area contributed by atoms with E-state index in [0.717, 1.165) is 19.3 Å². The van der Waals surface area contributed by atoms with Gasteiger partial charge in [0.2, 0.25) is 10.0 Å². The zero-order chi connectivity index (χ0) is 13.2. The smallest absolute Gasteiger partial charge is 0.235 e. The fraction of sp³-hybridized carbons (Fsp3) is 0.500.